The standard InChI is InChI=1S/C41H55N3O4.C5H10O2/c1-26-17-28(18-26)19-38(45)31-8-6-7-29(21-31)30(13-16-44-14-11-27(12-15-44)20-40(47)48-5)24-39(46)37-25-36-35(43-37)23-32-22-33(41(2,3)4)9-10-34(32)42-36;1-5(2,3)4(6)7/h6-8,21,23,26-28,30,33H,9-20,22,24-25H2,1-5H3;1-3H3,(H,6,7)/p-1/t26?,28?,30-,33-;/m0./s1. The van der Waals surface area contributed by atoms with Gasteiger partial charge >= 0.3 is 5.97 Å². The molecule has 0 unspecified atom stereocenters. The fourth-order valence-electron chi connectivity index (χ4n) is 8.55. The first-order chi connectivity index (χ1) is 25.9. The molecule has 0 bridgehead atoms. The zero-order valence-electron chi connectivity index (χ0n) is 34.7. The number of Topliss-reactive ketones (excluding diaryl/α,β-unsaturated/α-hetero) is 2. The van der Waals surface area contributed by atoms with E-state index in [2.05, 4.69) is 50.8 Å². The van der Waals surface area contributed by atoms with Crippen LogP contribution in [-0.4, -0.2) is 65.8 Å². The van der Waals surface area contributed by atoms with Crippen LogP contribution < -0.4 is 5.11 Å². The highest BCUT2D eigenvalue weighted by Crippen LogP contribution is 2.40. The Kier molecular flexibility index (Phi) is 13.9. The lowest BCUT2D eigenvalue weighted by Gasteiger charge is -2.34. The number of aliphatic carboxylic acids is 1. The molecule has 2 atom stereocenters. The molecule has 6 rings (SSSR count). The van der Waals surface area contributed by atoms with Gasteiger partial charge in [-0.3, -0.25) is 19.4 Å². The summed E-state index contributed by atoms with van der Waals surface area (Å²) < 4.78 is 4.89. The lowest BCUT2D eigenvalue weighted by molar-refractivity contribution is -0.316. The third kappa shape index (κ3) is 11.7. The van der Waals surface area contributed by atoms with Crippen LogP contribution in [0.25, 0.3) is 0 Å². The summed E-state index contributed by atoms with van der Waals surface area (Å²) in [4.78, 5) is 61.3. The third-order valence-corrected chi connectivity index (χ3v) is 12.4. The Morgan fingerprint density at radius 1 is 0.927 bits per heavy atom. The van der Waals surface area contributed by atoms with Gasteiger partial charge in [-0.15, -0.1) is 0 Å². The number of aliphatic imine (C=N–C) groups is 1. The molecule has 0 N–H and O–H groups in total. The number of ether oxygens (including phenoxy) is 1. The van der Waals surface area contributed by atoms with Gasteiger partial charge < -0.3 is 19.5 Å². The molecule has 1 aromatic carbocycles. The second-order valence-electron chi connectivity index (χ2n) is 19.0. The number of esters is 1. The minimum Gasteiger partial charge on any atom is -0.550 e. The van der Waals surface area contributed by atoms with E-state index in [-0.39, 0.29) is 28.9 Å². The average Bonchev–Trinajstić information content (AvgIpc) is 3.54. The summed E-state index contributed by atoms with van der Waals surface area (Å²) in [5.41, 5.74) is 6.30. The summed E-state index contributed by atoms with van der Waals surface area (Å²) in [5.74, 6) is 1.36. The van der Waals surface area contributed by atoms with Crippen LogP contribution in [0.4, 0.5) is 5.69 Å². The molecule has 4 aliphatic rings. The van der Waals surface area contributed by atoms with Crippen molar-refractivity contribution >= 4 is 34.9 Å². The maximum absolute atomic E-state index is 14.0. The van der Waals surface area contributed by atoms with E-state index in [4.69, 9.17) is 14.7 Å². The van der Waals surface area contributed by atoms with Gasteiger partial charge in [0.15, 0.2) is 11.6 Å². The molecule has 55 heavy (non-hydrogen) atoms. The molecule has 300 valence electrons. The molecule has 1 saturated carbocycles. The fraction of sp³-hybridized carbons (Fsp3) is 0.652. The van der Waals surface area contributed by atoms with Crippen molar-refractivity contribution in [1.29, 1.82) is 0 Å². The number of nitrogens with zero attached hydrogens (tertiary/aromatic N) is 3. The van der Waals surface area contributed by atoms with Gasteiger partial charge in [-0.1, -0.05) is 66.7 Å². The zero-order valence-corrected chi connectivity index (χ0v) is 34.7. The van der Waals surface area contributed by atoms with E-state index in [0.29, 0.717) is 49.1 Å². The Bertz CT molecular complexity index is 1740. The number of carbonyl (C=O) groups is 4. The number of aryl methyl sites for hydroxylation is 1. The van der Waals surface area contributed by atoms with Gasteiger partial charge in [0.05, 0.1) is 24.2 Å². The Morgan fingerprint density at radius 3 is 2.24 bits per heavy atom. The van der Waals surface area contributed by atoms with E-state index in [9.17, 15) is 24.3 Å². The van der Waals surface area contributed by atoms with Gasteiger partial charge in [0.2, 0.25) is 0 Å². The van der Waals surface area contributed by atoms with Crippen molar-refractivity contribution in [1.82, 2.24) is 9.88 Å². The Labute approximate surface area is 329 Å². The molecular formula is C46H64N3O6-. The number of likely N-dealkylation sites (tertiary alicyclic amines) is 1. The van der Waals surface area contributed by atoms with Crippen LogP contribution in [0.5, 0.6) is 0 Å². The van der Waals surface area contributed by atoms with E-state index < -0.39 is 11.4 Å². The number of methoxy groups -OCH3 is 1. The Hall–Kier alpha value is -3.72. The van der Waals surface area contributed by atoms with Gasteiger partial charge in [0.25, 0.3) is 0 Å². The number of hydrogen-bond acceptors (Lipinski definition) is 9. The maximum Gasteiger partial charge on any atom is 0.305 e. The highest BCUT2D eigenvalue weighted by molar-refractivity contribution is 6.41. The van der Waals surface area contributed by atoms with Crippen molar-refractivity contribution in [2.24, 2.45) is 39.5 Å². The SMILES string of the molecule is CC(C)(C)C(=O)[O-].COC(=O)CC1CCN(CC[C@@H](CC(=O)C2=Nc3cc4c(nc3C2)CC[C@H](C(C)(C)C)C4)c2cccc(C(=O)CC3CC(C)C3)c2)CC1. The smallest absolute Gasteiger partial charge is 0.305 e. The second-order valence-corrected chi connectivity index (χ2v) is 19.0. The molecule has 1 aromatic heterocycles. The molecular weight excluding hydrogens is 691 g/mol. The molecule has 2 fully saturated rings. The summed E-state index contributed by atoms with van der Waals surface area (Å²) in [5, 5.41) is 9.91. The van der Waals surface area contributed by atoms with Crippen molar-refractivity contribution in [3.8, 4) is 0 Å². The van der Waals surface area contributed by atoms with Crippen LogP contribution in [0.2, 0.25) is 0 Å². The fourth-order valence-corrected chi connectivity index (χ4v) is 8.55. The molecule has 9 heteroatoms. The predicted octanol–water partition coefficient (Wildman–Crippen LogP) is 7.67. The average molecular weight is 755 g/mol. The zero-order chi connectivity index (χ0) is 40.1. The number of carboxylic acid groups (broad SMARTS) is 1. The Balaban J connectivity index is 0.000000757. The molecule has 2 aliphatic carbocycles. The van der Waals surface area contributed by atoms with Gasteiger partial charge in [-0.25, -0.2) is 4.99 Å². The topological polar surface area (TPSA) is 129 Å². The Morgan fingerprint density at radius 2 is 1.62 bits per heavy atom. The largest absolute Gasteiger partial charge is 0.550 e. The number of hydrogen-bond donors (Lipinski definition) is 0. The molecule has 2 aromatic rings. The molecule has 1 saturated heterocycles. The quantitative estimate of drug-likeness (QED) is 0.160. The first kappa shape index (κ1) is 42.4. The lowest BCUT2D eigenvalue weighted by Crippen LogP contribution is -2.35. The lowest BCUT2D eigenvalue weighted by atomic mass is 9.71. The molecule has 0 spiro atoms. The van der Waals surface area contributed by atoms with Gasteiger partial charge in [-0.05, 0) is 129 Å². The molecule has 3 heterocycles. The summed E-state index contributed by atoms with van der Waals surface area (Å²) in [6.07, 6.45) is 10.2. The number of aromatic nitrogens is 1. The minimum absolute atomic E-state index is 0.0121. The third-order valence-electron chi connectivity index (χ3n) is 12.4. The van der Waals surface area contributed by atoms with Gasteiger partial charge in [-0.2, -0.15) is 0 Å². The van der Waals surface area contributed by atoms with Gasteiger partial charge in [0, 0.05) is 48.3 Å². The summed E-state index contributed by atoms with van der Waals surface area (Å²) in [7, 11) is 1.46. The molecule has 2 aliphatic heterocycles. The first-order valence-corrected chi connectivity index (χ1v) is 20.7. The van der Waals surface area contributed by atoms with Crippen molar-refractivity contribution < 1.29 is 29.0 Å². The van der Waals surface area contributed by atoms with Crippen molar-refractivity contribution in [3.63, 3.8) is 0 Å². The van der Waals surface area contributed by atoms with E-state index in [1.165, 1.54) is 18.4 Å². The van der Waals surface area contributed by atoms with E-state index >= 15 is 0 Å². The van der Waals surface area contributed by atoms with Gasteiger partial charge in [0.1, 0.15) is 0 Å². The monoisotopic (exact) mass is 754 g/mol. The molecule has 9 nitrogen and oxygen atoms in total. The van der Waals surface area contributed by atoms with Crippen molar-refractivity contribution in [2.75, 3.05) is 26.7 Å². The summed E-state index contributed by atoms with van der Waals surface area (Å²) in [6, 6.07) is 10.3. The number of piperidine rings is 1. The summed E-state index contributed by atoms with van der Waals surface area (Å²) in [6.45, 7) is 16.8. The van der Waals surface area contributed by atoms with Crippen LogP contribution >= 0.6 is 0 Å². The van der Waals surface area contributed by atoms with Crippen LogP contribution in [0, 0.1) is 34.5 Å². The number of rotatable bonds is 12. The number of benzene rings is 1. The normalized spacial score (nSPS) is 21.9. The second kappa shape index (κ2) is 18.0. The first-order valence-electron chi connectivity index (χ1n) is 20.7. The van der Waals surface area contributed by atoms with Crippen LogP contribution in [0.1, 0.15) is 145 Å². The van der Waals surface area contributed by atoms with Crippen LogP contribution in [0.3, 0.4) is 0 Å². The molecule has 0 amide bonds. The molecule has 0 radical (unpaired) electrons. The van der Waals surface area contributed by atoms with Crippen LogP contribution in [0.15, 0.2) is 35.3 Å². The highest BCUT2D eigenvalue weighted by atomic mass is 16.5. The van der Waals surface area contributed by atoms with Crippen molar-refractivity contribution in [2.45, 2.75) is 131 Å². The van der Waals surface area contributed by atoms with Crippen LogP contribution in [-0.2, 0) is 38.4 Å². The number of pyridine rings is 1. The number of fused-ring (bicyclic) bond motifs is 2. The maximum atomic E-state index is 14.0. The number of carboxylic acids is 1. The highest BCUT2D eigenvalue weighted by Gasteiger charge is 2.33. The predicted molar refractivity (Wildman–Crippen MR) is 215 cm³/mol. The van der Waals surface area contributed by atoms with E-state index in [0.717, 1.165) is 99.4 Å². The minimum atomic E-state index is -1.01. The number of carbonyl (C=O) groups excluding carboxylic acids is 4. The number of ketones is 2. The van der Waals surface area contributed by atoms with E-state index in [1.54, 1.807) is 20.8 Å². The van der Waals surface area contributed by atoms with E-state index in [1.807, 2.05) is 12.1 Å². The van der Waals surface area contributed by atoms with Crippen molar-refractivity contribution in [3.05, 3.63) is 58.4 Å². The summed E-state index contributed by atoms with van der Waals surface area (Å²) >= 11 is 0.